The summed E-state index contributed by atoms with van der Waals surface area (Å²) >= 11 is 2.92. The summed E-state index contributed by atoms with van der Waals surface area (Å²) in [4.78, 5) is 21.4. The van der Waals surface area contributed by atoms with E-state index in [1.165, 1.54) is 11.3 Å². The van der Waals surface area contributed by atoms with E-state index in [0.717, 1.165) is 28.4 Å². The molecule has 2 heterocycles. The van der Waals surface area contributed by atoms with Crippen molar-refractivity contribution in [1.82, 2.24) is 15.3 Å². The number of aromatic nitrogens is 2. The number of carbonyl (C=O) groups is 1. The normalized spacial score (nSPS) is 10.6. The van der Waals surface area contributed by atoms with Crippen LogP contribution in [0.15, 0.2) is 5.38 Å². The first-order valence-electron chi connectivity index (χ1n) is 6.04. The zero-order valence-corrected chi connectivity index (χ0v) is 12.5. The molecule has 2 rings (SSSR count). The molecule has 0 aliphatic heterocycles. The van der Waals surface area contributed by atoms with Gasteiger partial charge in [0.25, 0.3) is 5.91 Å². The van der Waals surface area contributed by atoms with E-state index in [1.54, 1.807) is 16.7 Å². The maximum atomic E-state index is 11.8. The number of hydrogen-bond donors (Lipinski definition) is 2. The first-order valence-corrected chi connectivity index (χ1v) is 7.74. The van der Waals surface area contributed by atoms with Gasteiger partial charge in [-0.1, -0.05) is 6.92 Å². The molecule has 0 atom stereocenters. The number of aryl methyl sites for hydroxylation is 2. The van der Waals surface area contributed by atoms with E-state index in [0.29, 0.717) is 17.4 Å². The van der Waals surface area contributed by atoms with E-state index in [1.807, 2.05) is 6.92 Å². The molecule has 102 valence electrons. The van der Waals surface area contributed by atoms with Crippen LogP contribution in [0.2, 0.25) is 0 Å². The van der Waals surface area contributed by atoms with Crippen molar-refractivity contribution in [2.75, 3.05) is 5.73 Å². The quantitative estimate of drug-likeness (QED) is 0.887. The Bertz CT molecular complexity index is 576. The van der Waals surface area contributed by atoms with Crippen molar-refractivity contribution in [1.29, 1.82) is 0 Å². The van der Waals surface area contributed by atoms with E-state index in [-0.39, 0.29) is 5.91 Å². The molecular formula is C12H16N4OS2. The van der Waals surface area contributed by atoms with E-state index >= 15 is 0 Å². The van der Waals surface area contributed by atoms with E-state index in [4.69, 9.17) is 5.73 Å². The maximum absolute atomic E-state index is 11.8. The Kier molecular flexibility index (Phi) is 4.49. The van der Waals surface area contributed by atoms with Gasteiger partial charge in [0.05, 0.1) is 17.2 Å². The number of amides is 1. The number of thiazole rings is 2. The highest BCUT2D eigenvalue weighted by Crippen LogP contribution is 2.19. The number of hydrogen-bond acceptors (Lipinski definition) is 6. The van der Waals surface area contributed by atoms with Gasteiger partial charge in [-0.25, -0.2) is 9.97 Å². The second-order valence-corrected chi connectivity index (χ2v) is 6.18. The first kappa shape index (κ1) is 14.0. The van der Waals surface area contributed by atoms with Gasteiger partial charge in [0.1, 0.15) is 5.69 Å². The van der Waals surface area contributed by atoms with Crippen LogP contribution in [-0.4, -0.2) is 15.9 Å². The van der Waals surface area contributed by atoms with Gasteiger partial charge >= 0.3 is 0 Å². The average molecular weight is 296 g/mol. The zero-order valence-electron chi connectivity index (χ0n) is 10.9. The molecule has 0 saturated heterocycles. The minimum absolute atomic E-state index is 0.196. The summed E-state index contributed by atoms with van der Waals surface area (Å²) in [5.74, 6) is -0.196. The van der Waals surface area contributed by atoms with Gasteiger partial charge in [-0.05, 0) is 19.8 Å². The zero-order chi connectivity index (χ0) is 13.8. The molecule has 2 aromatic heterocycles. The fourth-order valence-corrected chi connectivity index (χ4v) is 3.27. The van der Waals surface area contributed by atoms with Crippen LogP contribution in [0, 0.1) is 6.92 Å². The largest absolute Gasteiger partial charge is 0.375 e. The highest BCUT2D eigenvalue weighted by Gasteiger charge is 2.12. The average Bonchev–Trinajstić information content (AvgIpc) is 2.94. The third kappa shape index (κ3) is 3.51. The lowest BCUT2D eigenvalue weighted by atomic mass is 10.3. The lowest BCUT2D eigenvalue weighted by molar-refractivity contribution is 0.0947. The molecule has 0 fully saturated rings. The summed E-state index contributed by atoms with van der Waals surface area (Å²) in [7, 11) is 0. The smallest absolute Gasteiger partial charge is 0.271 e. The van der Waals surface area contributed by atoms with Crippen LogP contribution in [0.25, 0.3) is 0 Å². The lowest BCUT2D eigenvalue weighted by Crippen LogP contribution is -2.23. The van der Waals surface area contributed by atoms with Crippen LogP contribution in [0.1, 0.15) is 39.4 Å². The van der Waals surface area contributed by atoms with Crippen LogP contribution in [0.5, 0.6) is 0 Å². The molecule has 1 amide bonds. The Hall–Kier alpha value is -1.47. The van der Waals surface area contributed by atoms with Crippen molar-refractivity contribution in [3.63, 3.8) is 0 Å². The molecule has 7 heteroatoms. The van der Waals surface area contributed by atoms with E-state index < -0.39 is 0 Å². The topological polar surface area (TPSA) is 80.9 Å². The number of rotatable bonds is 5. The summed E-state index contributed by atoms with van der Waals surface area (Å²) in [5, 5.41) is 6.04. The van der Waals surface area contributed by atoms with Crippen molar-refractivity contribution in [2.24, 2.45) is 0 Å². The van der Waals surface area contributed by atoms with Gasteiger partial charge in [-0.3, -0.25) is 4.79 Å². The summed E-state index contributed by atoms with van der Waals surface area (Å²) in [6, 6.07) is 0. The second-order valence-electron chi connectivity index (χ2n) is 4.12. The first-order chi connectivity index (χ1) is 9.10. The van der Waals surface area contributed by atoms with Crippen molar-refractivity contribution in [2.45, 2.75) is 33.2 Å². The highest BCUT2D eigenvalue weighted by molar-refractivity contribution is 7.13. The molecular weight excluding hydrogens is 280 g/mol. The highest BCUT2D eigenvalue weighted by atomic mass is 32.1. The molecule has 3 N–H and O–H groups in total. The monoisotopic (exact) mass is 296 g/mol. The maximum Gasteiger partial charge on any atom is 0.271 e. The molecule has 0 aliphatic carbocycles. The van der Waals surface area contributed by atoms with Crippen LogP contribution in [0.4, 0.5) is 5.13 Å². The van der Waals surface area contributed by atoms with Gasteiger partial charge in [-0.2, -0.15) is 0 Å². The third-order valence-electron chi connectivity index (χ3n) is 2.56. The van der Waals surface area contributed by atoms with Gasteiger partial charge in [0.2, 0.25) is 0 Å². The van der Waals surface area contributed by atoms with E-state index in [9.17, 15) is 4.79 Å². The van der Waals surface area contributed by atoms with Crippen molar-refractivity contribution in [3.05, 3.63) is 26.7 Å². The van der Waals surface area contributed by atoms with Crippen LogP contribution in [0.3, 0.4) is 0 Å². The number of carbonyl (C=O) groups excluding carboxylic acids is 1. The molecule has 0 saturated carbocycles. The summed E-state index contributed by atoms with van der Waals surface area (Å²) < 4.78 is 0. The minimum atomic E-state index is -0.196. The number of nitrogens with zero attached hydrogens (tertiary/aromatic N) is 2. The van der Waals surface area contributed by atoms with Gasteiger partial charge in [0.15, 0.2) is 5.13 Å². The van der Waals surface area contributed by atoms with Gasteiger partial charge < -0.3 is 11.1 Å². The van der Waals surface area contributed by atoms with Crippen LogP contribution >= 0.6 is 22.7 Å². The Labute approximate surface area is 119 Å². The summed E-state index contributed by atoms with van der Waals surface area (Å²) in [5.41, 5.74) is 6.87. The van der Waals surface area contributed by atoms with Crippen molar-refractivity contribution < 1.29 is 4.79 Å². The predicted molar refractivity (Wildman–Crippen MR) is 78.5 cm³/mol. The lowest BCUT2D eigenvalue weighted by Gasteiger charge is -2.01. The number of nitrogens with one attached hydrogen (secondary N) is 1. The summed E-state index contributed by atoms with van der Waals surface area (Å²) in [6.07, 6.45) is 2.07. The van der Waals surface area contributed by atoms with Crippen LogP contribution < -0.4 is 11.1 Å². The Morgan fingerprint density at radius 3 is 2.89 bits per heavy atom. The summed E-state index contributed by atoms with van der Waals surface area (Å²) in [6.45, 7) is 4.59. The number of anilines is 1. The van der Waals surface area contributed by atoms with E-state index in [2.05, 4.69) is 22.2 Å². The Morgan fingerprint density at radius 1 is 1.47 bits per heavy atom. The SMILES string of the molecule is CCCc1nc(C)c(CNC(=O)c2csc(N)n2)s1. The number of nitrogen functional groups attached to an aromatic ring is 1. The van der Waals surface area contributed by atoms with Crippen LogP contribution in [-0.2, 0) is 13.0 Å². The molecule has 0 bridgehead atoms. The van der Waals surface area contributed by atoms with Crippen molar-refractivity contribution >= 4 is 33.7 Å². The number of nitrogens with two attached hydrogens (primary N) is 1. The molecule has 0 spiro atoms. The van der Waals surface area contributed by atoms with Gasteiger partial charge in [-0.15, -0.1) is 22.7 Å². The molecule has 0 aliphatic rings. The minimum Gasteiger partial charge on any atom is -0.375 e. The molecule has 0 unspecified atom stereocenters. The predicted octanol–water partition coefficient (Wildman–Crippen LogP) is 2.37. The standard InChI is InChI=1S/C12H16N4OS2/c1-3-4-10-15-7(2)9(19-10)5-14-11(17)8-6-18-12(13)16-8/h6H,3-5H2,1-2H3,(H2,13,16)(H,14,17). The second kappa shape index (κ2) is 6.12. The molecule has 2 aromatic rings. The fraction of sp³-hybridized carbons (Fsp3) is 0.417. The Morgan fingerprint density at radius 2 is 2.26 bits per heavy atom. The fourth-order valence-electron chi connectivity index (χ4n) is 1.62. The molecule has 19 heavy (non-hydrogen) atoms. The molecule has 5 nitrogen and oxygen atoms in total. The Balaban J connectivity index is 1.96. The molecule has 0 aromatic carbocycles. The molecule has 0 radical (unpaired) electrons. The third-order valence-corrected chi connectivity index (χ3v) is 4.46. The van der Waals surface area contributed by atoms with Gasteiger partial charge in [0, 0.05) is 10.3 Å². The van der Waals surface area contributed by atoms with Crippen molar-refractivity contribution in [3.8, 4) is 0 Å².